The third-order valence-corrected chi connectivity index (χ3v) is 4.52. The van der Waals surface area contributed by atoms with E-state index < -0.39 is 23.5 Å². The molecule has 0 aromatic heterocycles. The Bertz CT molecular complexity index is 622. The number of carbonyl (C=O) groups is 2. The van der Waals surface area contributed by atoms with E-state index in [9.17, 15) is 19.8 Å². The second-order valence-corrected chi connectivity index (χ2v) is 6.71. The molecule has 1 aliphatic rings. The first-order valence-electron chi connectivity index (χ1n) is 8.88. The van der Waals surface area contributed by atoms with Crippen molar-refractivity contribution in [3.05, 3.63) is 29.3 Å². The Kier molecular flexibility index (Phi) is 6.42. The number of carbonyl (C=O) groups excluding carboxylic acids is 1. The topological polar surface area (TPSA) is 95.9 Å². The number of fused-ring (bicyclic) bond motifs is 1. The van der Waals surface area contributed by atoms with Crippen molar-refractivity contribution in [2.75, 3.05) is 6.61 Å². The first kappa shape index (κ1) is 19.2. The van der Waals surface area contributed by atoms with E-state index in [1.54, 1.807) is 18.2 Å². The van der Waals surface area contributed by atoms with Crippen molar-refractivity contribution in [1.29, 1.82) is 0 Å². The average Bonchev–Trinajstić information content (AvgIpc) is 3.00. The zero-order chi connectivity index (χ0) is 18.4. The van der Waals surface area contributed by atoms with Gasteiger partial charge >= 0.3 is 5.97 Å². The summed E-state index contributed by atoms with van der Waals surface area (Å²) < 4.78 is 5.43. The lowest BCUT2D eigenvalue weighted by molar-refractivity contribution is -0.143. The quantitative estimate of drug-likeness (QED) is 0.637. The summed E-state index contributed by atoms with van der Waals surface area (Å²) in [6, 6.07) is 4.04. The molecule has 6 heteroatoms. The van der Waals surface area contributed by atoms with Crippen LogP contribution in [-0.4, -0.2) is 34.3 Å². The summed E-state index contributed by atoms with van der Waals surface area (Å²) in [5.74, 6) is -0.810. The number of carboxylic acid groups (broad SMARTS) is 1. The molecule has 3 N–H and O–H groups in total. The Morgan fingerprint density at radius 1 is 1.28 bits per heavy atom. The minimum absolute atomic E-state index is 0.0908. The van der Waals surface area contributed by atoms with Gasteiger partial charge in [-0.05, 0) is 36.1 Å². The highest BCUT2D eigenvalue weighted by Crippen LogP contribution is 2.29. The van der Waals surface area contributed by atoms with Crippen LogP contribution < -0.4 is 10.1 Å². The van der Waals surface area contributed by atoms with Gasteiger partial charge in [0.2, 0.25) is 5.91 Å². The van der Waals surface area contributed by atoms with Gasteiger partial charge in [0.1, 0.15) is 5.75 Å². The van der Waals surface area contributed by atoms with Crippen molar-refractivity contribution < 1.29 is 24.5 Å². The van der Waals surface area contributed by atoms with Crippen LogP contribution in [0.25, 0.3) is 0 Å². The molecule has 1 heterocycles. The molecule has 6 nitrogen and oxygen atoms in total. The molecule has 138 valence electrons. The van der Waals surface area contributed by atoms with Crippen molar-refractivity contribution in [2.24, 2.45) is 0 Å². The largest absolute Gasteiger partial charge is 0.493 e. The highest BCUT2D eigenvalue weighted by molar-refractivity contribution is 5.85. The van der Waals surface area contributed by atoms with Crippen LogP contribution in [0.3, 0.4) is 0 Å². The van der Waals surface area contributed by atoms with Gasteiger partial charge in [0, 0.05) is 6.42 Å². The molecular formula is C19H27NO5. The Hall–Kier alpha value is -2.08. The van der Waals surface area contributed by atoms with E-state index in [4.69, 9.17) is 4.74 Å². The molecule has 0 bridgehead atoms. The number of benzene rings is 1. The van der Waals surface area contributed by atoms with Gasteiger partial charge in [-0.2, -0.15) is 0 Å². The third-order valence-electron chi connectivity index (χ3n) is 4.52. The first-order chi connectivity index (χ1) is 11.9. The van der Waals surface area contributed by atoms with Crippen molar-refractivity contribution in [1.82, 2.24) is 5.32 Å². The van der Waals surface area contributed by atoms with Crippen molar-refractivity contribution >= 4 is 11.9 Å². The Morgan fingerprint density at radius 3 is 2.56 bits per heavy atom. The fourth-order valence-corrected chi connectivity index (χ4v) is 3.42. The zero-order valence-electron chi connectivity index (χ0n) is 14.9. The molecule has 25 heavy (non-hydrogen) atoms. The molecule has 1 aromatic rings. The van der Waals surface area contributed by atoms with E-state index in [1.165, 1.54) is 0 Å². The monoisotopic (exact) mass is 349 g/mol. The van der Waals surface area contributed by atoms with Gasteiger partial charge in [-0.3, -0.25) is 4.79 Å². The molecular weight excluding hydrogens is 322 g/mol. The smallest absolute Gasteiger partial charge is 0.330 e. The molecule has 0 saturated carbocycles. The van der Waals surface area contributed by atoms with Crippen LogP contribution in [0, 0.1) is 0 Å². The summed E-state index contributed by atoms with van der Waals surface area (Å²) >= 11 is 0. The van der Waals surface area contributed by atoms with Gasteiger partial charge in [-0.25, -0.2) is 4.79 Å². The van der Waals surface area contributed by atoms with E-state index in [-0.39, 0.29) is 6.42 Å². The fraction of sp³-hybridized carbons (Fsp3) is 0.579. The molecule has 0 fully saturated rings. The summed E-state index contributed by atoms with van der Waals surface area (Å²) in [5, 5.41) is 22.7. The molecule has 1 aliphatic heterocycles. The maximum Gasteiger partial charge on any atom is 0.330 e. The lowest BCUT2D eigenvalue weighted by Gasteiger charge is -2.27. The molecule has 0 radical (unpaired) electrons. The number of aliphatic hydroxyl groups is 1. The Balaban J connectivity index is 2.10. The van der Waals surface area contributed by atoms with E-state index in [0.717, 1.165) is 30.6 Å². The molecule has 0 saturated heterocycles. The maximum atomic E-state index is 12.4. The summed E-state index contributed by atoms with van der Waals surface area (Å²) in [6.45, 7) is 4.49. The summed E-state index contributed by atoms with van der Waals surface area (Å²) in [4.78, 5) is 24.0. The molecule has 1 aromatic carbocycles. The van der Waals surface area contributed by atoms with Crippen LogP contribution >= 0.6 is 0 Å². The summed E-state index contributed by atoms with van der Waals surface area (Å²) in [6.07, 6.45) is 3.20. The second-order valence-electron chi connectivity index (χ2n) is 6.71. The van der Waals surface area contributed by atoms with E-state index in [2.05, 4.69) is 5.32 Å². The highest BCUT2D eigenvalue weighted by Gasteiger charge is 2.31. The van der Waals surface area contributed by atoms with Crippen molar-refractivity contribution in [3.63, 3.8) is 0 Å². The summed E-state index contributed by atoms with van der Waals surface area (Å²) in [7, 11) is 0. The standard InChI is InChI=1S/C19H27NO5/c1-3-8-19(24,9-4-2)12-16(21)20-17(18(22)23)14-5-6-15-13(11-14)7-10-25-15/h5-6,11,17,24H,3-4,7-10,12H2,1-2H3,(H,20,21)(H,22,23). The lowest BCUT2D eigenvalue weighted by atomic mass is 9.89. The molecule has 1 atom stereocenters. The normalized spacial score (nSPS) is 14.5. The number of nitrogens with one attached hydrogen (secondary N) is 1. The predicted molar refractivity (Wildman–Crippen MR) is 93.5 cm³/mol. The number of hydrogen-bond acceptors (Lipinski definition) is 4. The van der Waals surface area contributed by atoms with Gasteiger partial charge in [-0.15, -0.1) is 0 Å². The van der Waals surface area contributed by atoms with Crippen LogP contribution in [0.15, 0.2) is 18.2 Å². The molecule has 0 aliphatic carbocycles. The maximum absolute atomic E-state index is 12.4. The van der Waals surface area contributed by atoms with E-state index in [0.29, 0.717) is 25.0 Å². The number of rotatable bonds is 9. The number of hydrogen-bond donors (Lipinski definition) is 3. The van der Waals surface area contributed by atoms with Crippen LogP contribution in [0.1, 0.15) is 63.1 Å². The number of carboxylic acids is 1. The van der Waals surface area contributed by atoms with Crippen LogP contribution in [-0.2, 0) is 16.0 Å². The lowest BCUT2D eigenvalue weighted by Crippen LogP contribution is -2.40. The number of amides is 1. The Labute approximate surface area is 148 Å². The minimum atomic E-state index is -1.13. The van der Waals surface area contributed by atoms with E-state index in [1.807, 2.05) is 13.8 Å². The van der Waals surface area contributed by atoms with Gasteiger partial charge in [0.05, 0.1) is 18.6 Å². The van der Waals surface area contributed by atoms with Crippen LogP contribution in [0.4, 0.5) is 0 Å². The molecule has 1 unspecified atom stereocenters. The van der Waals surface area contributed by atoms with Crippen LogP contribution in [0.5, 0.6) is 5.75 Å². The average molecular weight is 349 g/mol. The summed E-state index contributed by atoms with van der Waals surface area (Å²) in [5.41, 5.74) is 0.383. The van der Waals surface area contributed by atoms with E-state index >= 15 is 0 Å². The predicted octanol–water partition coefficient (Wildman–Crippen LogP) is 2.58. The number of aliphatic carboxylic acids is 1. The Morgan fingerprint density at radius 2 is 1.96 bits per heavy atom. The first-order valence-corrected chi connectivity index (χ1v) is 8.88. The molecule has 0 spiro atoms. The van der Waals surface area contributed by atoms with Crippen molar-refractivity contribution in [3.8, 4) is 5.75 Å². The minimum Gasteiger partial charge on any atom is -0.493 e. The zero-order valence-corrected chi connectivity index (χ0v) is 14.9. The second kappa shape index (κ2) is 8.34. The molecule has 1 amide bonds. The number of ether oxygens (including phenoxy) is 1. The third kappa shape index (κ3) is 4.95. The fourth-order valence-electron chi connectivity index (χ4n) is 3.42. The van der Waals surface area contributed by atoms with Crippen LogP contribution in [0.2, 0.25) is 0 Å². The molecule has 2 rings (SSSR count). The van der Waals surface area contributed by atoms with Crippen molar-refractivity contribution in [2.45, 2.75) is 64.0 Å². The van der Waals surface area contributed by atoms with Gasteiger partial charge in [0.15, 0.2) is 6.04 Å². The van der Waals surface area contributed by atoms with Gasteiger partial charge in [-0.1, -0.05) is 32.8 Å². The highest BCUT2D eigenvalue weighted by atomic mass is 16.5. The van der Waals surface area contributed by atoms with Gasteiger partial charge < -0.3 is 20.3 Å². The SMILES string of the molecule is CCCC(O)(CCC)CC(=O)NC(C(=O)O)c1ccc2c(c1)CCO2. The van der Waals surface area contributed by atoms with Gasteiger partial charge in [0.25, 0.3) is 0 Å².